The number of aliphatic hydroxyl groups is 5. The number of carbonyl (C=O) groups excluding carboxylic acids is 1. The van der Waals surface area contributed by atoms with Crippen LogP contribution in [0.1, 0.15) is 20.7 Å². The Bertz CT molecular complexity index is 735. The first kappa shape index (κ1) is 28.4. The molecule has 1 rings (SSSR count). The van der Waals surface area contributed by atoms with E-state index >= 15 is 0 Å². The number of thioether (sulfide) groups is 4. The van der Waals surface area contributed by atoms with Gasteiger partial charge in [-0.15, -0.1) is 47.0 Å². The molecule has 176 valence electrons. The molecule has 0 saturated carbocycles. The zero-order valence-electron chi connectivity index (χ0n) is 16.7. The lowest BCUT2D eigenvalue weighted by Crippen LogP contribution is -2.29. The molecule has 0 aliphatic heterocycles. The molecule has 0 saturated heterocycles. The van der Waals surface area contributed by atoms with Crippen LogP contribution in [-0.4, -0.2) is 105 Å². The van der Waals surface area contributed by atoms with Crippen molar-refractivity contribution in [3.63, 3.8) is 0 Å². The van der Waals surface area contributed by atoms with Crippen LogP contribution in [0.3, 0.4) is 0 Å². The summed E-state index contributed by atoms with van der Waals surface area (Å²) in [6.45, 7) is -1.10. The number of benzene rings is 1. The Morgan fingerprint density at radius 3 is 1.35 bits per heavy atom. The number of carboxylic acids is 1. The van der Waals surface area contributed by atoms with Gasteiger partial charge in [0.2, 0.25) is 0 Å². The van der Waals surface area contributed by atoms with Crippen LogP contribution >= 0.6 is 47.0 Å². The van der Waals surface area contributed by atoms with Gasteiger partial charge < -0.3 is 36.0 Å². The minimum atomic E-state index is -1.33. The number of carbonyl (C=O) groups is 2. The fourth-order valence-corrected chi connectivity index (χ4v) is 6.91. The summed E-state index contributed by atoms with van der Waals surface area (Å²) in [4.78, 5) is 27.0. The Labute approximate surface area is 197 Å². The van der Waals surface area contributed by atoms with Gasteiger partial charge in [-0.05, 0) is 0 Å². The summed E-state index contributed by atoms with van der Waals surface area (Å²) in [5.74, 6) is -1.05. The third-order valence-electron chi connectivity index (χ3n) is 3.51. The Kier molecular flexibility index (Phi) is 14.7. The molecule has 0 bridgehead atoms. The van der Waals surface area contributed by atoms with E-state index in [1.54, 1.807) is 0 Å². The maximum Gasteiger partial charge on any atom is 0.337 e. The second-order valence-corrected chi connectivity index (χ2v) is 10.1. The number of aliphatic hydroxyl groups excluding tert-OH is 5. The van der Waals surface area contributed by atoms with Gasteiger partial charge in [-0.25, -0.2) is 4.79 Å². The first-order chi connectivity index (χ1) is 15.0. The average molecular weight is 514 g/mol. The number of nitrogens with one attached hydrogen (secondary N) is 1. The lowest BCUT2D eigenvalue weighted by molar-refractivity contribution is 0.0685. The maximum atomic E-state index is 13.0. The molecule has 0 aliphatic rings. The van der Waals surface area contributed by atoms with Crippen LogP contribution in [0, 0.1) is 0 Å². The quantitative estimate of drug-likeness (QED) is 0.153. The topological polar surface area (TPSA) is 168 Å². The molecule has 13 heteroatoms. The monoisotopic (exact) mass is 513 g/mol. The van der Waals surface area contributed by atoms with E-state index < -0.39 is 11.9 Å². The van der Waals surface area contributed by atoms with E-state index in [1.807, 2.05) is 0 Å². The number of aromatic carboxylic acids is 1. The van der Waals surface area contributed by atoms with E-state index in [-0.39, 0.29) is 73.7 Å². The van der Waals surface area contributed by atoms with Crippen LogP contribution in [0.25, 0.3) is 0 Å². The minimum absolute atomic E-state index is 0.0682. The van der Waals surface area contributed by atoms with Crippen molar-refractivity contribution in [2.45, 2.75) is 19.6 Å². The van der Waals surface area contributed by atoms with Crippen LogP contribution in [0.5, 0.6) is 0 Å². The summed E-state index contributed by atoms with van der Waals surface area (Å²) < 4.78 is 0. The van der Waals surface area contributed by atoms with Crippen molar-refractivity contribution < 1.29 is 40.2 Å². The summed E-state index contributed by atoms with van der Waals surface area (Å²) in [7, 11) is 0. The average Bonchev–Trinajstić information content (AvgIpc) is 2.76. The molecule has 31 heavy (non-hydrogen) atoms. The molecule has 1 amide bonds. The molecule has 0 fully saturated rings. The molecule has 0 heterocycles. The van der Waals surface area contributed by atoms with E-state index in [2.05, 4.69) is 5.32 Å². The Morgan fingerprint density at radius 1 is 0.613 bits per heavy atom. The van der Waals surface area contributed by atoms with Gasteiger partial charge in [0.15, 0.2) is 0 Å². The minimum Gasteiger partial charge on any atom is -0.478 e. The van der Waals surface area contributed by atoms with Crippen LogP contribution in [0.15, 0.2) is 19.6 Å². The number of hydrogen-bond acceptors (Lipinski definition) is 11. The second kappa shape index (κ2) is 16.0. The predicted molar refractivity (Wildman–Crippen MR) is 124 cm³/mol. The van der Waals surface area contributed by atoms with E-state index in [1.165, 1.54) is 23.5 Å². The second-order valence-electron chi connectivity index (χ2n) is 5.64. The van der Waals surface area contributed by atoms with Gasteiger partial charge in [-0.3, -0.25) is 4.79 Å². The van der Waals surface area contributed by atoms with Gasteiger partial charge in [0.25, 0.3) is 5.91 Å². The molecule has 0 aromatic heterocycles. The van der Waals surface area contributed by atoms with Crippen LogP contribution in [-0.2, 0) is 0 Å². The van der Waals surface area contributed by atoms with Crippen molar-refractivity contribution in [1.29, 1.82) is 0 Å². The highest BCUT2D eigenvalue weighted by Gasteiger charge is 2.31. The number of rotatable bonds is 16. The SMILES string of the molecule is O=C(O)c1c(SCCO)c(SCCO)c(SCCO)c(SCCO)c1C(=O)NCCO. The van der Waals surface area contributed by atoms with Crippen molar-refractivity contribution >= 4 is 58.9 Å². The van der Waals surface area contributed by atoms with E-state index in [0.717, 1.165) is 23.5 Å². The van der Waals surface area contributed by atoms with E-state index in [9.17, 15) is 35.1 Å². The molecule has 0 aliphatic carbocycles. The fourth-order valence-electron chi connectivity index (χ4n) is 2.47. The zero-order chi connectivity index (χ0) is 23.2. The fraction of sp³-hybridized carbons (Fsp3) is 0.556. The van der Waals surface area contributed by atoms with Crippen molar-refractivity contribution in [1.82, 2.24) is 5.32 Å². The molecular formula is C18H27NO8S4. The summed E-state index contributed by atoms with van der Waals surface area (Å²) in [6, 6.07) is 0. The largest absolute Gasteiger partial charge is 0.478 e. The van der Waals surface area contributed by atoms with Crippen LogP contribution in [0.2, 0.25) is 0 Å². The molecule has 1 aromatic carbocycles. The lowest BCUT2D eigenvalue weighted by atomic mass is 10.1. The van der Waals surface area contributed by atoms with Crippen LogP contribution < -0.4 is 5.32 Å². The number of hydrogen-bond donors (Lipinski definition) is 7. The maximum absolute atomic E-state index is 13.0. The van der Waals surface area contributed by atoms with Crippen molar-refractivity contribution in [2.24, 2.45) is 0 Å². The summed E-state index contributed by atoms with van der Waals surface area (Å²) in [5.41, 5.74) is -0.322. The molecule has 7 N–H and O–H groups in total. The number of carboxylic acid groups (broad SMARTS) is 1. The van der Waals surface area contributed by atoms with Gasteiger partial charge in [0.05, 0.1) is 44.2 Å². The number of amides is 1. The molecular weight excluding hydrogens is 486 g/mol. The summed E-state index contributed by atoms with van der Waals surface area (Å²) in [6.07, 6.45) is 0. The van der Waals surface area contributed by atoms with Crippen molar-refractivity contribution in [2.75, 3.05) is 62.6 Å². The molecule has 0 spiro atoms. The summed E-state index contributed by atoms with van der Waals surface area (Å²) >= 11 is 4.69. The van der Waals surface area contributed by atoms with E-state index in [0.29, 0.717) is 19.6 Å². The normalized spacial score (nSPS) is 11.0. The highest BCUT2D eigenvalue weighted by Crippen LogP contribution is 2.48. The van der Waals surface area contributed by atoms with Gasteiger partial charge in [0.1, 0.15) is 0 Å². The molecule has 1 aromatic rings. The standard InChI is InChI=1S/C18H27NO8S4/c20-2-1-19-17(25)11-12(18(26)27)14(29-8-4-22)16(31-10-6-24)15(30-9-5-23)13(11)28-7-3-21/h20-24H,1-10H2,(H,19,25)(H,26,27). The Hall–Kier alpha value is -0.640. The highest BCUT2D eigenvalue weighted by molar-refractivity contribution is 8.04. The Balaban J connectivity index is 3.93. The molecule has 0 unspecified atom stereocenters. The van der Waals surface area contributed by atoms with Gasteiger partial charge in [-0.1, -0.05) is 0 Å². The first-order valence-corrected chi connectivity index (χ1v) is 13.2. The van der Waals surface area contributed by atoms with Gasteiger partial charge in [-0.2, -0.15) is 0 Å². The van der Waals surface area contributed by atoms with Crippen molar-refractivity contribution in [3.05, 3.63) is 11.1 Å². The smallest absolute Gasteiger partial charge is 0.337 e. The molecule has 0 atom stereocenters. The zero-order valence-corrected chi connectivity index (χ0v) is 20.0. The third-order valence-corrected chi connectivity index (χ3v) is 8.23. The highest BCUT2D eigenvalue weighted by atomic mass is 32.2. The Morgan fingerprint density at radius 2 is 1.00 bits per heavy atom. The molecule has 0 radical (unpaired) electrons. The predicted octanol–water partition coefficient (Wildman–Crippen LogP) is 0.444. The van der Waals surface area contributed by atoms with Crippen molar-refractivity contribution in [3.8, 4) is 0 Å². The lowest BCUT2D eigenvalue weighted by Gasteiger charge is -2.23. The van der Waals surface area contributed by atoms with E-state index in [4.69, 9.17) is 5.11 Å². The third kappa shape index (κ3) is 8.33. The van der Waals surface area contributed by atoms with Gasteiger partial charge in [0, 0.05) is 49.1 Å². The summed E-state index contributed by atoms with van der Waals surface area (Å²) in [5, 5.41) is 58.9. The van der Waals surface area contributed by atoms with Gasteiger partial charge >= 0.3 is 5.97 Å². The van der Waals surface area contributed by atoms with Crippen LogP contribution in [0.4, 0.5) is 0 Å². The first-order valence-electron chi connectivity index (χ1n) is 9.29. The molecule has 9 nitrogen and oxygen atoms in total.